The van der Waals surface area contributed by atoms with Gasteiger partial charge in [0.05, 0.1) is 83.8 Å². The molecule has 0 aromatic heterocycles. The molecule has 0 unspecified atom stereocenters. The van der Waals surface area contributed by atoms with Crippen LogP contribution >= 0.6 is 0 Å². The Morgan fingerprint density at radius 2 is 1.17 bits per heavy atom. The summed E-state index contributed by atoms with van der Waals surface area (Å²) < 4.78 is 34.3. The minimum Gasteiger partial charge on any atom is -0.506 e. The number of anilines is 1. The molecular formula is C32H45N2O8+. The van der Waals surface area contributed by atoms with Crippen molar-refractivity contribution in [1.29, 1.82) is 0 Å². The number of aliphatic hydroxyl groups excluding tert-OH is 1. The van der Waals surface area contributed by atoms with Crippen molar-refractivity contribution in [3.05, 3.63) is 71.0 Å². The van der Waals surface area contributed by atoms with Crippen LogP contribution in [0.4, 0.5) is 5.69 Å². The van der Waals surface area contributed by atoms with Gasteiger partial charge in [-0.2, -0.15) is 0 Å². The van der Waals surface area contributed by atoms with Crippen LogP contribution in [0.1, 0.15) is 5.56 Å². The van der Waals surface area contributed by atoms with E-state index in [-0.39, 0.29) is 11.5 Å². The topological polar surface area (TPSA) is 98.9 Å². The lowest BCUT2D eigenvalue weighted by Crippen LogP contribution is -2.24. The quantitative estimate of drug-likeness (QED) is 0.141. The van der Waals surface area contributed by atoms with E-state index in [4.69, 9.17) is 28.4 Å². The first-order chi connectivity index (χ1) is 20.4. The molecule has 0 aliphatic heterocycles. The van der Waals surface area contributed by atoms with Crippen LogP contribution in [0.25, 0.3) is 5.57 Å². The molecule has 2 aliphatic carbocycles. The number of ether oxygens (including phenoxy) is 6. The first-order valence-electron chi connectivity index (χ1n) is 14.3. The lowest BCUT2D eigenvalue weighted by Gasteiger charge is -2.24. The average molecular weight is 586 g/mol. The van der Waals surface area contributed by atoms with Gasteiger partial charge in [-0.25, -0.2) is 4.58 Å². The van der Waals surface area contributed by atoms with E-state index >= 15 is 0 Å². The number of rotatable bonds is 20. The predicted octanol–water partition coefficient (Wildman–Crippen LogP) is 2.84. The molecule has 0 atom stereocenters. The van der Waals surface area contributed by atoms with E-state index in [0.717, 1.165) is 17.0 Å². The molecule has 1 N–H and O–H groups in total. The van der Waals surface area contributed by atoms with Crippen LogP contribution in [0.2, 0.25) is 0 Å². The Kier molecular flexibility index (Phi) is 14.6. The number of likely N-dealkylation sites (N-methyl/N-ethyl adjacent to an activating group) is 1. The van der Waals surface area contributed by atoms with Crippen LogP contribution < -0.4 is 4.90 Å². The van der Waals surface area contributed by atoms with Crippen molar-refractivity contribution >= 4 is 22.8 Å². The zero-order valence-corrected chi connectivity index (χ0v) is 25.3. The molecule has 0 spiro atoms. The Bertz CT molecular complexity index is 1150. The van der Waals surface area contributed by atoms with Gasteiger partial charge in [0.2, 0.25) is 5.78 Å². The van der Waals surface area contributed by atoms with E-state index in [0.29, 0.717) is 95.9 Å². The summed E-state index contributed by atoms with van der Waals surface area (Å²) in [6.07, 6.45) is 7.59. The minimum atomic E-state index is -0.141. The summed E-state index contributed by atoms with van der Waals surface area (Å²) in [4.78, 5) is 14.9. The summed E-state index contributed by atoms with van der Waals surface area (Å²) in [6.45, 7) is 6.58. The van der Waals surface area contributed by atoms with Gasteiger partial charge in [0.25, 0.3) is 0 Å². The maximum absolute atomic E-state index is 12.9. The van der Waals surface area contributed by atoms with E-state index in [1.807, 2.05) is 74.3 Å². The third-order valence-corrected chi connectivity index (χ3v) is 6.69. The van der Waals surface area contributed by atoms with Crippen molar-refractivity contribution in [2.24, 2.45) is 0 Å². The van der Waals surface area contributed by atoms with Crippen LogP contribution in [-0.4, -0.2) is 129 Å². The summed E-state index contributed by atoms with van der Waals surface area (Å²) in [5, 5.41) is 10.7. The Balaban J connectivity index is 1.26. The van der Waals surface area contributed by atoms with Crippen LogP contribution in [-0.2, 0) is 33.2 Å². The van der Waals surface area contributed by atoms with Crippen molar-refractivity contribution in [2.45, 2.75) is 0 Å². The molecule has 230 valence electrons. The zero-order chi connectivity index (χ0) is 30.2. The van der Waals surface area contributed by atoms with Gasteiger partial charge in [-0.3, -0.25) is 4.79 Å². The van der Waals surface area contributed by atoms with Gasteiger partial charge < -0.3 is 38.4 Å². The molecule has 0 saturated carbocycles. The number of carbonyl (C=O) groups excluding carboxylic acids is 1. The molecule has 10 nitrogen and oxygen atoms in total. The predicted molar refractivity (Wildman–Crippen MR) is 163 cm³/mol. The molecule has 0 saturated heterocycles. The first-order valence-corrected chi connectivity index (χ1v) is 14.3. The molecule has 0 amide bonds. The van der Waals surface area contributed by atoms with E-state index in [1.165, 1.54) is 0 Å². The van der Waals surface area contributed by atoms with Gasteiger partial charge in [-0.15, -0.1) is 0 Å². The van der Waals surface area contributed by atoms with Crippen molar-refractivity contribution in [3.8, 4) is 0 Å². The summed E-state index contributed by atoms with van der Waals surface area (Å²) >= 11 is 0. The van der Waals surface area contributed by atoms with E-state index < -0.39 is 0 Å². The van der Waals surface area contributed by atoms with Gasteiger partial charge in [0.1, 0.15) is 19.9 Å². The fraction of sp³-hybridized carbons (Fsp3) is 0.500. The van der Waals surface area contributed by atoms with Gasteiger partial charge in [-0.05, 0) is 35.4 Å². The molecule has 0 bridgehead atoms. The number of nitrogens with zero attached hydrogens (tertiary/aromatic N) is 2. The van der Waals surface area contributed by atoms with Crippen molar-refractivity contribution in [1.82, 2.24) is 0 Å². The first kappa shape index (κ1) is 33.4. The van der Waals surface area contributed by atoms with Crippen molar-refractivity contribution in [2.75, 3.05) is 112 Å². The molecule has 0 fully saturated rings. The second-order valence-corrected chi connectivity index (χ2v) is 9.89. The largest absolute Gasteiger partial charge is 0.506 e. The molecule has 0 radical (unpaired) electrons. The Hall–Kier alpha value is -3.12. The van der Waals surface area contributed by atoms with E-state index in [9.17, 15) is 9.90 Å². The fourth-order valence-corrected chi connectivity index (χ4v) is 4.20. The summed E-state index contributed by atoms with van der Waals surface area (Å²) in [6, 6.07) is 7.61. The molecule has 1 aromatic carbocycles. The van der Waals surface area contributed by atoms with Crippen molar-refractivity contribution in [3.63, 3.8) is 0 Å². The Morgan fingerprint density at radius 3 is 1.62 bits per heavy atom. The standard InChI is InChI=1S/C32H44N2O8/c1-33(2)27-9-5-25(6-10-27)29-31(35)30(32(29)36)26-7-11-28(12-8-26)34(3)13-14-38-17-18-40-21-22-42-24-23-41-20-19-39-16-15-37-4/h5-12H,13-24H2,1-4H3/p+1. The number of aliphatic hydroxyl groups is 1. The van der Waals surface area contributed by atoms with Crippen molar-refractivity contribution < 1.29 is 42.9 Å². The molecular weight excluding hydrogens is 540 g/mol. The molecule has 42 heavy (non-hydrogen) atoms. The normalized spacial score (nSPS) is 14.7. The Labute approximate surface area is 249 Å². The van der Waals surface area contributed by atoms with Gasteiger partial charge in [-0.1, -0.05) is 12.1 Å². The van der Waals surface area contributed by atoms with Crippen LogP contribution in [0.3, 0.4) is 0 Å². The van der Waals surface area contributed by atoms with E-state index in [2.05, 4.69) is 4.90 Å². The second kappa shape index (κ2) is 18.4. The average Bonchev–Trinajstić information content (AvgIpc) is 2.99. The molecule has 2 aliphatic rings. The fourth-order valence-electron chi connectivity index (χ4n) is 4.20. The SMILES string of the molecule is COCCOCCOCCOCCOCCOCCN(C)c1ccc(C2=C(O)C(=C3C=CC(=[N+](C)C)C=C3)C2=O)cc1. The van der Waals surface area contributed by atoms with E-state index in [1.54, 1.807) is 7.11 Å². The maximum Gasteiger partial charge on any atom is 0.201 e. The Morgan fingerprint density at radius 1 is 0.690 bits per heavy atom. The number of hydrogen-bond acceptors (Lipinski definition) is 9. The lowest BCUT2D eigenvalue weighted by molar-refractivity contribution is -0.462. The highest BCUT2D eigenvalue weighted by atomic mass is 16.6. The number of allylic oxidation sites excluding steroid dienone is 7. The lowest BCUT2D eigenvalue weighted by atomic mass is 9.80. The monoisotopic (exact) mass is 585 g/mol. The number of methoxy groups -OCH3 is 1. The molecule has 3 rings (SSSR count). The highest BCUT2D eigenvalue weighted by molar-refractivity contribution is 6.39. The third kappa shape index (κ3) is 10.3. The summed E-state index contributed by atoms with van der Waals surface area (Å²) in [7, 11) is 7.54. The second-order valence-electron chi connectivity index (χ2n) is 9.89. The molecule has 0 heterocycles. The number of carbonyl (C=O) groups is 1. The summed E-state index contributed by atoms with van der Waals surface area (Å²) in [5.41, 5.74) is 4.18. The van der Waals surface area contributed by atoms with Gasteiger partial charge >= 0.3 is 0 Å². The number of hydrogen-bond donors (Lipinski definition) is 1. The minimum absolute atomic E-state index is 0.0467. The number of benzene rings is 1. The highest BCUT2D eigenvalue weighted by Gasteiger charge is 2.36. The molecule has 10 heteroatoms. The van der Waals surface area contributed by atoms with Crippen LogP contribution in [0, 0.1) is 0 Å². The van der Waals surface area contributed by atoms with Gasteiger partial charge in [0.15, 0.2) is 5.71 Å². The number of Topliss-reactive ketones (excluding diaryl/α,β-unsaturated/α-hetero) is 1. The number of ketones is 1. The highest BCUT2D eigenvalue weighted by Crippen LogP contribution is 2.39. The smallest absolute Gasteiger partial charge is 0.201 e. The summed E-state index contributed by atoms with van der Waals surface area (Å²) in [5.74, 6) is -0.0940. The third-order valence-electron chi connectivity index (χ3n) is 6.69. The maximum atomic E-state index is 12.9. The van der Waals surface area contributed by atoms with Crippen LogP contribution in [0.5, 0.6) is 0 Å². The molecule has 1 aromatic rings. The van der Waals surface area contributed by atoms with Gasteiger partial charge in [0, 0.05) is 38.5 Å². The zero-order valence-electron chi connectivity index (χ0n) is 25.3. The van der Waals surface area contributed by atoms with Crippen LogP contribution in [0.15, 0.2) is 65.5 Å².